The lowest BCUT2D eigenvalue weighted by atomic mass is 10.5. The van der Waals surface area contributed by atoms with Crippen molar-refractivity contribution in [2.24, 2.45) is 0 Å². The third-order valence-electron chi connectivity index (χ3n) is 2.36. The van der Waals surface area contributed by atoms with Crippen molar-refractivity contribution >= 4 is 22.9 Å². The van der Waals surface area contributed by atoms with Gasteiger partial charge in [-0.25, -0.2) is 9.97 Å². The maximum atomic E-state index is 8.92. The molecule has 0 spiro atoms. The summed E-state index contributed by atoms with van der Waals surface area (Å²) >= 11 is 0. The van der Waals surface area contributed by atoms with Gasteiger partial charge in [0, 0.05) is 13.1 Å². The predicted octanol–water partition coefficient (Wildman–Crippen LogP) is -0.246. The number of nitrogen functional groups attached to an aromatic ring is 1. The fraction of sp³-hybridized carbons (Fsp3) is 0.444. The molecule has 0 saturated heterocycles. The minimum Gasteiger partial charge on any atom is -0.395 e. The Morgan fingerprint density at radius 1 is 1.50 bits per heavy atom. The molecule has 0 aliphatic rings. The second-order valence-electron chi connectivity index (χ2n) is 3.32. The number of fused-ring (bicyclic) bond motifs is 1. The van der Waals surface area contributed by atoms with Gasteiger partial charge in [0.25, 0.3) is 0 Å². The molecule has 0 aromatic carbocycles. The quantitative estimate of drug-likeness (QED) is 0.659. The summed E-state index contributed by atoms with van der Waals surface area (Å²) in [5, 5.41) is 8.92. The van der Waals surface area contributed by atoms with Gasteiger partial charge in [-0.2, -0.15) is 4.98 Å². The van der Waals surface area contributed by atoms with Crippen LogP contribution in [0.25, 0.3) is 11.2 Å². The highest BCUT2D eigenvalue weighted by molar-refractivity contribution is 5.83. The topological polar surface area (TPSA) is 104 Å². The van der Waals surface area contributed by atoms with Gasteiger partial charge in [0.15, 0.2) is 11.5 Å². The van der Waals surface area contributed by atoms with Gasteiger partial charge in [0.1, 0.15) is 11.8 Å². The number of nitrogens with one attached hydrogen (secondary N) is 1. The number of nitrogens with two attached hydrogens (primary N) is 1. The fourth-order valence-electron chi connectivity index (χ4n) is 1.52. The van der Waals surface area contributed by atoms with E-state index in [1.54, 1.807) is 0 Å². The molecule has 0 unspecified atom stereocenters. The maximum Gasteiger partial charge on any atom is 0.205 e. The van der Waals surface area contributed by atoms with Crippen LogP contribution in [0.3, 0.4) is 0 Å². The second kappa shape index (κ2) is 4.31. The van der Waals surface area contributed by atoms with Crippen molar-refractivity contribution < 1.29 is 5.11 Å². The molecule has 4 N–H and O–H groups in total. The largest absolute Gasteiger partial charge is 0.395 e. The Hall–Kier alpha value is -1.89. The lowest BCUT2D eigenvalue weighted by Crippen LogP contribution is -2.27. The van der Waals surface area contributed by atoms with Crippen molar-refractivity contribution in [3.63, 3.8) is 0 Å². The van der Waals surface area contributed by atoms with Crippen LogP contribution in [0.1, 0.15) is 6.92 Å². The van der Waals surface area contributed by atoms with E-state index in [2.05, 4.69) is 19.9 Å². The molecule has 0 aliphatic heterocycles. The summed E-state index contributed by atoms with van der Waals surface area (Å²) in [4.78, 5) is 17.1. The van der Waals surface area contributed by atoms with E-state index < -0.39 is 0 Å². The van der Waals surface area contributed by atoms with Gasteiger partial charge in [0.2, 0.25) is 5.95 Å². The summed E-state index contributed by atoms with van der Waals surface area (Å²) in [5.74, 6) is 1.03. The first-order chi connectivity index (χ1) is 7.76. The van der Waals surface area contributed by atoms with Crippen LogP contribution in [0.15, 0.2) is 6.33 Å². The molecule has 0 fully saturated rings. The predicted molar refractivity (Wildman–Crippen MR) is 61.1 cm³/mol. The molecule has 2 aromatic rings. The third kappa shape index (κ3) is 1.76. The van der Waals surface area contributed by atoms with Crippen molar-refractivity contribution in [2.45, 2.75) is 6.92 Å². The number of anilines is 2. The first kappa shape index (κ1) is 10.6. The highest BCUT2D eigenvalue weighted by Gasteiger charge is 2.11. The van der Waals surface area contributed by atoms with E-state index in [9.17, 15) is 0 Å². The van der Waals surface area contributed by atoms with Gasteiger partial charge in [-0.15, -0.1) is 0 Å². The van der Waals surface area contributed by atoms with Crippen LogP contribution in [0.5, 0.6) is 0 Å². The van der Waals surface area contributed by atoms with E-state index in [4.69, 9.17) is 10.8 Å². The molecule has 7 nitrogen and oxygen atoms in total. The number of aliphatic hydroxyl groups excluding tert-OH is 1. The van der Waals surface area contributed by atoms with E-state index in [1.165, 1.54) is 6.33 Å². The summed E-state index contributed by atoms with van der Waals surface area (Å²) in [5.41, 5.74) is 6.87. The molecule has 2 aromatic heterocycles. The number of likely N-dealkylation sites (N-methyl/N-ethyl adjacent to an activating group) is 1. The average molecular weight is 222 g/mol. The van der Waals surface area contributed by atoms with Gasteiger partial charge < -0.3 is 20.7 Å². The molecule has 0 bridgehead atoms. The standard InChI is InChI=1S/C9H14N6O/c1-2-15(3-4-16)9-13-6-7(10)11-5-12-8(6)14-9/h5,16H,2-4H2,1H3,(H3,10,11,12,13,14). The second-order valence-corrected chi connectivity index (χ2v) is 3.32. The summed E-state index contributed by atoms with van der Waals surface area (Å²) in [6, 6.07) is 0. The molecular weight excluding hydrogens is 208 g/mol. The van der Waals surface area contributed by atoms with E-state index in [1.807, 2.05) is 11.8 Å². The van der Waals surface area contributed by atoms with Crippen molar-refractivity contribution in [2.75, 3.05) is 30.3 Å². The van der Waals surface area contributed by atoms with Gasteiger partial charge in [-0.1, -0.05) is 0 Å². The SMILES string of the molecule is CCN(CCO)c1nc2ncnc(N)c2[nH]1. The lowest BCUT2D eigenvalue weighted by molar-refractivity contribution is 0.302. The van der Waals surface area contributed by atoms with E-state index in [0.717, 1.165) is 6.54 Å². The first-order valence-corrected chi connectivity index (χ1v) is 5.08. The zero-order valence-corrected chi connectivity index (χ0v) is 9.01. The molecule has 7 heteroatoms. The number of aromatic nitrogens is 4. The first-order valence-electron chi connectivity index (χ1n) is 5.08. The Bertz CT molecular complexity index is 482. The Labute approximate surface area is 92.3 Å². The Balaban J connectivity index is 2.42. The zero-order valence-electron chi connectivity index (χ0n) is 9.01. The molecular formula is C9H14N6O. The van der Waals surface area contributed by atoms with Crippen LogP contribution < -0.4 is 10.6 Å². The normalized spacial score (nSPS) is 10.9. The summed E-state index contributed by atoms with van der Waals surface area (Å²) in [6.45, 7) is 3.32. The highest BCUT2D eigenvalue weighted by Crippen LogP contribution is 2.18. The number of nitrogens with zero attached hydrogens (tertiary/aromatic N) is 4. The Morgan fingerprint density at radius 3 is 2.94 bits per heavy atom. The maximum absolute atomic E-state index is 8.92. The number of H-pyrrole nitrogens is 1. The van der Waals surface area contributed by atoms with E-state index in [-0.39, 0.29) is 6.61 Å². The van der Waals surface area contributed by atoms with Gasteiger partial charge in [-0.3, -0.25) is 0 Å². The van der Waals surface area contributed by atoms with Crippen LogP contribution in [0, 0.1) is 0 Å². The Kier molecular flexibility index (Phi) is 2.86. The number of imidazole rings is 1. The number of rotatable bonds is 4. The van der Waals surface area contributed by atoms with E-state index in [0.29, 0.717) is 29.5 Å². The summed E-state index contributed by atoms with van der Waals surface area (Å²) < 4.78 is 0. The van der Waals surface area contributed by atoms with Crippen molar-refractivity contribution in [3.8, 4) is 0 Å². The van der Waals surface area contributed by atoms with Crippen molar-refractivity contribution in [1.82, 2.24) is 19.9 Å². The molecule has 0 atom stereocenters. The highest BCUT2D eigenvalue weighted by atomic mass is 16.3. The zero-order chi connectivity index (χ0) is 11.5. The summed E-state index contributed by atoms with van der Waals surface area (Å²) in [7, 11) is 0. The fourth-order valence-corrected chi connectivity index (χ4v) is 1.52. The minimum atomic E-state index is 0.0754. The molecule has 0 amide bonds. The van der Waals surface area contributed by atoms with Crippen LogP contribution in [-0.2, 0) is 0 Å². The monoisotopic (exact) mass is 222 g/mol. The molecule has 86 valence electrons. The number of hydrogen-bond acceptors (Lipinski definition) is 6. The minimum absolute atomic E-state index is 0.0754. The molecule has 0 radical (unpaired) electrons. The average Bonchev–Trinajstić information content (AvgIpc) is 2.71. The number of aromatic amines is 1. The van der Waals surface area contributed by atoms with Gasteiger partial charge in [0.05, 0.1) is 6.61 Å². The van der Waals surface area contributed by atoms with Crippen LogP contribution in [-0.4, -0.2) is 44.7 Å². The molecule has 0 saturated carbocycles. The van der Waals surface area contributed by atoms with E-state index >= 15 is 0 Å². The smallest absolute Gasteiger partial charge is 0.205 e. The van der Waals surface area contributed by atoms with Crippen molar-refractivity contribution in [1.29, 1.82) is 0 Å². The molecule has 0 aliphatic carbocycles. The molecule has 2 heterocycles. The van der Waals surface area contributed by atoms with Gasteiger partial charge in [-0.05, 0) is 6.92 Å². The Morgan fingerprint density at radius 2 is 2.31 bits per heavy atom. The lowest BCUT2D eigenvalue weighted by Gasteiger charge is -2.17. The number of aliphatic hydroxyl groups is 1. The van der Waals surface area contributed by atoms with Gasteiger partial charge >= 0.3 is 0 Å². The number of hydrogen-bond donors (Lipinski definition) is 3. The van der Waals surface area contributed by atoms with Crippen molar-refractivity contribution in [3.05, 3.63) is 6.33 Å². The van der Waals surface area contributed by atoms with Crippen LogP contribution in [0.4, 0.5) is 11.8 Å². The third-order valence-corrected chi connectivity index (χ3v) is 2.36. The molecule has 2 rings (SSSR count). The molecule has 16 heavy (non-hydrogen) atoms. The van der Waals surface area contributed by atoms with Crippen LogP contribution in [0.2, 0.25) is 0 Å². The van der Waals surface area contributed by atoms with Crippen LogP contribution >= 0.6 is 0 Å². The summed E-state index contributed by atoms with van der Waals surface area (Å²) in [6.07, 6.45) is 1.38.